The lowest BCUT2D eigenvalue weighted by molar-refractivity contribution is -0.0345. The second-order valence-corrected chi connectivity index (χ2v) is 7.29. The highest BCUT2D eigenvalue weighted by Crippen LogP contribution is 2.17. The van der Waals surface area contributed by atoms with Crippen LogP contribution in [0.1, 0.15) is 30.9 Å². The van der Waals surface area contributed by atoms with Gasteiger partial charge >= 0.3 is 0 Å². The third-order valence-electron chi connectivity index (χ3n) is 4.79. The summed E-state index contributed by atoms with van der Waals surface area (Å²) in [6.45, 7) is 6.93. The molecular weight excluding hydrogens is 326 g/mol. The minimum Gasteiger partial charge on any atom is -0.376 e. The molecule has 0 radical (unpaired) electrons. The normalized spacial score (nSPS) is 18.2. The maximum atomic E-state index is 6.00. The Morgan fingerprint density at radius 3 is 3.00 bits per heavy atom. The second kappa shape index (κ2) is 9.14. The van der Waals surface area contributed by atoms with Crippen molar-refractivity contribution >= 4 is 5.82 Å². The lowest BCUT2D eigenvalue weighted by Gasteiger charge is -2.32. The molecule has 6 heteroatoms. The topological polar surface area (TPSA) is 46.4 Å². The number of aromatic nitrogens is 3. The summed E-state index contributed by atoms with van der Waals surface area (Å²) in [6.07, 6.45) is 9.55. The van der Waals surface area contributed by atoms with E-state index in [9.17, 15) is 0 Å². The number of hydrogen-bond donors (Lipinski definition) is 0. The van der Waals surface area contributed by atoms with Crippen molar-refractivity contribution in [3.8, 4) is 0 Å². The number of rotatable bonds is 8. The van der Waals surface area contributed by atoms with Crippen LogP contribution >= 0.6 is 0 Å². The number of morpholine rings is 1. The molecule has 1 fully saturated rings. The Labute approximate surface area is 156 Å². The minimum absolute atomic E-state index is 0.297. The molecule has 1 unspecified atom stereocenters. The van der Waals surface area contributed by atoms with E-state index in [2.05, 4.69) is 40.2 Å². The highest BCUT2D eigenvalue weighted by molar-refractivity contribution is 5.39. The Morgan fingerprint density at radius 2 is 2.19 bits per heavy atom. The van der Waals surface area contributed by atoms with Crippen molar-refractivity contribution in [3.05, 3.63) is 41.9 Å². The lowest BCUT2D eigenvalue weighted by atomic mass is 10.1. The molecule has 0 spiro atoms. The van der Waals surface area contributed by atoms with Gasteiger partial charge in [-0.2, -0.15) is 5.10 Å². The van der Waals surface area contributed by atoms with Crippen LogP contribution in [-0.4, -0.2) is 59.6 Å². The first kappa shape index (κ1) is 18.9. The summed E-state index contributed by atoms with van der Waals surface area (Å²) < 4.78 is 8.04. The zero-order valence-electron chi connectivity index (χ0n) is 16.3. The molecule has 0 aliphatic carbocycles. The third-order valence-corrected chi connectivity index (χ3v) is 4.79. The first-order valence-corrected chi connectivity index (χ1v) is 9.61. The fraction of sp³-hybridized carbons (Fsp3) is 0.600. The molecule has 0 amide bonds. The number of hydrogen-bond acceptors (Lipinski definition) is 5. The van der Waals surface area contributed by atoms with Gasteiger partial charge in [0.05, 0.1) is 18.9 Å². The van der Waals surface area contributed by atoms with E-state index in [1.54, 1.807) is 0 Å². The van der Waals surface area contributed by atoms with Crippen LogP contribution in [0.3, 0.4) is 0 Å². The first-order chi connectivity index (χ1) is 12.6. The van der Waals surface area contributed by atoms with Crippen molar-refractivity contribution in [2.24, 2.45) is 0 Å². The van der Waals surface area contributed by atoms with E-state index in [0.29, 0.717) is 6.10 Å². The van der Waals surface area contributed by atoms with Gasteiger partial charge < -0.3 is 9.64 Å². The third kappa shape index (κ3) is 5.29. The molecule has 0 N–H and O–H groups in total. The van der Waals surface area contributed by atoms with Crippen molar-refractivity contribution in [2.75, 3.05) is 38.7 Å². The average molecular weight is 358 g/mol. The van der Waals surface area contributed by atoms with Gasteiger partial charge in [0.2, 0.25) is 0 Å². The second-order valence-electron chi connectivity index (χ2n) is 7.29. The number of anilines is 1. The number of pyridine rings is 1. The summed E-state index contributed by atoms with van der Waals surface area (Å²) in [5.41, 5.74) is 2.62. The fourth-order valence-electron chi connectivity index (χ4n) is 3.38. The van der Waals surface area contributed by atoms with E-state index in [0.717, 1.165) is 57.9 Å². The predicted octanol–water partition coefficient (Wildman–Crippen LogP) is 2.59. The van der Waals surface area contributed by atoms with E-state index in [-0.39, 0.29) is 0 Å². The Hall–Kier alpha value is -1.92. The quantitative estimate of drug-likeness (QED) is 0.727. The molecule has 3 rings (SSSR count). The van der Waals surface area contributed by atoms with E-state index in [4.69, 9.17) is 4.74 Å². The summed E-state index contributed by atoms with van der Waals surface area (Å²) >= 11 is 0. The molecule has 3 heterocycles. The average Bonchev–Trinajstić information content (AvgIpc) is 3.08. The Bertz CT molecular complexity index is 684. The molecule has 1 saturated heterocycles. The molecule has 142 valence electrons. The molecule has 0 aromatic carbocycles. The highest BCUT2D eigenvalue weighted by Gasteiger charge is 2.21. The summed E-state index contributed by atoms with van der Waals surface area (Å²) in [5, 5.41) is 4.44. The van der Waals surface area contributed by atoms with Crippen LogP contribution in [0, 0.1) is 0 Å². The molecule has 1 atom stereocenters. The highest BCUT2D eigenvalue weighted by atomic mass is 16.5. The van der Waals surface area contributed by atoms with Crippen LogP contribution in [0.5, 0.6) is 0 Å². The number of ether oxygens (including phenoxy) is 1. The van der Waals surface area contributed by atoms with Crippen LogP contribution < -0.4 is 4.90 Å². The largest absolute Gasteiger partial charge is 0.376 e. The smallest absolute Gasteiger partial charge is 0.128 e. The molecule has 2 aromatic rings. The van der Waals surface area contributed by atoms with Crippen molar-refractivity contribution < 1.29 is 4.74 Å². The van der Waals surface area contributed by atoms with Crippen LogP contribution in [0.2, 0.25) is 0 Å². The zero-order valence-corrected chi connectivity index (χ0v) is 16.3. The van der Waals surface area contributed by atoms with Gasteiger partial charge in [-0.1, -0.05) is 6.92 Å². The minimum atomic E-state index is 0.297. The van der Waals surface area contributed by atoms with Crippen molar-refractivity contribution in [1.29, 1.82) is 0 Å². The van der Waals surface area contributed by atoms with Gasteiger partial charge in [0.15, 0.2) is 0 Å². The molecule has 6 nitrogen and oxygen atoms in total. The van der Waals surface area contributed by atoms with Crippen LogP contribution in [0.25, 0.3) is 0 Å². The van der Waals surface area contributed by atoms with Gasteiger partial charge in [-0.3, -0.25) is 9.58 Å². The molecule has 0 bridgehead atoms. The first-order valence-electron chi connectivity index (χ1n) is 9.61. The monoisotopic (exact) mass is 357 g/mol. The molecule has 2 aromatic heterocycles. The van der Waals surface area contributed by atoms with Crippen molar-refractivity contribution in [1.82, 2.24) is 19.7 Å². The van der Waals surface area contributed by atoms with Gasteiger partial charge in [0.25, 0.3) is 0 Å². The summed E-state index contributed by atoms with van der Waals surface area (Å²) in [5.74, 6) is 1.01. The molecule has 1 aliphatic heterocycles. The summed E-state index contributed by atoms with van der Waals surface area (Å²) in [6, 6.07) is 4.28. The van der Waals surface area contributed by atoms with Gasteiger partial charge in [-0.25, -0.2) is 4.98 Å². The fourth-order valence-corrected chi connectivity index (χ4v) is 3.38. The maximum Gasteiger partial charge on any atom is 0.128 e. The van der Waals surface area contributed by atoms with Gasteiger partial charge in [-0.15, -0.1) is 0 Å². The maximum absolute atomic E-state index is 6.00. The predicted molar refractivity (Wildman–Crippen MR) is 104 cm³/mol. The summed E-state index contributed by atoms with van der Waals surface area (Å²) in [7, 11) is 4.05. The molecule has 1 aliphatic rings. The van der Waals surface area contributed by atoms with Gasteiger partial charge in [-0.05, 0) is 37.0 Å². The van der Waals surface area contributed by atoms with E-state index in [1.165, 1.54) is 11.1 Å². The van der Waals surface area contributed by atoms with Crippen LogP contribution in [-0.2, 0) is 24.2 Å². The lowest BCUT2D eigenvalue weighted by Crippen LogP contribution is -2.42. The Morgan fingerprint density at radius 1 is 1.31 bits per heavy atom. The zero-order chi connectivity index (χ0) is 18.4. The Kier molecular flexibility index (Phi) is 6.63. The standard InChI is InChI=1S/C20H31N5O/c1-4-9-25-15-18(13-22-25)14-24-10-11-26-19(16-24)6-5-17-7-8-21-20(12-17)23(2)3/h7-8,12-13,15,19H,4-6,9-11,14,16H2,1-3H3. The van der Waals surface area contributed by atoms with E-state index >= 15 is 0 Å². The SMILES string of the molecule is CCCn1cc(CN2CCOC(CCc3ccnc(N(C)C)c3)C2)cn1. The van der Waals surface area contributed by atoms with Gasteiger partial charge in [0, 0.05) is 58.2 Å². The number of nitrogens with zero attached hydrogens (tertiary/aromatic N) is 5. The molecular formula is C20H31N5O. The molecule has 26 heavy (non-hydrogen) atoms. The van der Waals surface area contributed by atoms with E-state index in [1.807, 2.05) is 36.1 Å². The Balaban J connectivity index is 1.49. The van der Waals surface area contributed by atoms with Gasteiger partial charge in [0.1, 0.15) is 5.82 Å². The summed E-state index contributed by atoms with van der Waals surface area (Å²) in [4.78, 5) is 8.91. The van der Waals surface area contributed by atoms with Crippen LogP contribution in [0.15, 0.2) is 30.7 Å². The van der Waals surface area contributed by atoms with Crippen molar-refractivity contribution in [2.45, 2.75) is 45.4 Å². The van der Waals surface area contributed by atoms with Crippen LogP contribution in [0.4, 0.5) is 5.82 Å². The number of aryl methyl sites for hydroxylation is 2. The van der Waals surface area contributed by atoms with E-state index < -0.39 is 0 Å². The molecule has 0 saturated carbocycles. The van der Waals surface area contributed by atoms with Crippen molar-refractivity contribution in [3.63, 3.8) is 0 Å².